The highest BCUT2D eigenvalue weighted by molar-refractivity contribution is 6.19. The number of hydrogen-bond donors (Lipinski definition) is 3. The first-order valence-corrected chi connectivity index (χ1v) is 9.71. The van der Waals surface area contributed by atoms with Gasteiger partial charge in [0.2, 0.25) is 0 Å². The number of anilines is 1. The molecule has 6 heteroatoms. The van der Waals surface area contributed by atoms with Crippen molar-refractivity contribution in [3.8, 4) is 0 Å². The summed E-state index contributed by atoms with van der Waals surface area (Å²) in [5.41, 5.74) is 11.4. The number of fused-ring (bicyclic) bond motifs is 5. The van der Waals surface area contributed by atoms with Gasteiger partial charge in [-0.1, -0.05) is 30.3 Å². The van der Waals surface area contributed by atoms with Crippen LogP contribution < -0.4 is 11.1 Å². The van der Waals surface area contributed by atoms with E-state index in [4.69, 9.17) is 10.7 Å². The van der Waals surface area contributed by atoms with Crippen LogP contribution in [0.25, 0.3) is 21.8 Å². The molecule has 2 amide bonds. The Morgan fingerprint density at radius 1 is 1.10 bits per heavy atom. The fraction of sp³-hybridized carbons (Fsp3) is 0.174. The van der Waals surface area contributed by atoms with E-state index in [9.17, 15) is 9.59 Å². The van der Waals surface area contributed by atoms with Crippen LogP contribution in [0.5, 0.6) is 0 Å². The highest BCUT2D eigenvalue weighted by Gasteiger charge is 2.25. The Balaban J connectivity index is 1.65. The van der Waals surface area contributed by atoms with Crippen LogP contribution in [0.15, 0.2) is 48.5 Å². The third-order valence-electron chi connectivity index (χ3n) is 5.49. The first kappa shape index (κ1) is 17.4. The molecule has 0 aliphatic heterocycles. The van der Waals surface area contributed by atoms with Gasteiger partial charge in [-0.3, -0.25) is 9.78 Å². The molecule has 0 unspecified atom stereocenters. The van der Waals surface area contributed by atoms with Crippen LogP contribution in [0, 0.1) is 0 Å². The Labute approximate surface area is 167 Å². The van der Waals surface area contributed by atoms with E-state index in [1.807, 2.05) is 42.5 Å². The maximum atomic E-state index is 12.7. The molecule has 0 radical (unpaired) electrons. The van der Waals surface area contributed by atoms with E-state index in [2.05, 4.69) is 16.4 Å². The SMILES string of the molecule is NC(=O)Nc1ccc(Cc2nc3c(c4c2[nH]c2ccccc24)C(=O)CCC3)cc1. The summed E-state index contributed by atoms with van der Waals surface area (Å²) < 4.78 is 0. The molecule has 0 bridgehead atoms. The summed E-state index contributed by atoms with van der Waals surface area (Å²) in [6.07, 6.45) is 2.88. The number of nitrogens with zero attached hydrogens (tertiary/aromatic N) is 1. The van der Waals surface area contributed by atoms with Gasteiger partial charge < -0.3 is 16.0 Å². The van der Waals surface area contributed by atoms with Gasteiger partial charge in [-0.2, -0.15) is 0 Å². The number of aryl methyl sites for hydroxylation is 1. The van der Waals surface area contributed by atoms with Crippen molar-refractivity contribution in [2.24, 2.45) is 5.73 Å². The molecule has 0 atom stereocenters. The number of H-pyrrole nitrogens is 1. The zero-order valence-electron chi connectivity index (χ0n) is 15.8. The van der Waals surface area contributed by atoms with Crippen LogP contribution in [0.3, 0.4) is 0 Å². The number of benzene rings is 2. The van der Waals surface area contributed by atoms with Crippen LogP contribution in [0.1, 0.15) is 40.2 Å². The molecule has 1 aliphatic carbocycles. The molecule has 0 fully saturated rings. The van der Waals surface area contributed by atoms with Crippen molar-refractivity contribution in [2.75, 3.05) is 5.32 Å². The second-order valence-electron chi connectivity index (χ2n) is 7.44. The number of carbonyl (C=O) groups is 2. The van der Waals surface area contributed by atoms with E-state index < -0.39 is 6.03 Å². The van der Waals surface area contributed by atoms with Gasteiger partial charge >= 0.3 is 6.03 Å². The summed E-state index contributed by atoms with van der Waals surface area (Å²) in [5, 5.41) is 4.63. The third kappa shape index (κ3) is 3.02. The standard InChI is InChI=1S/C23H20N4O2/c24-23(29)25-14-10-8-13(9-11-14)12-18-22-20(15-4-1-2-5-16(15)27-22)21-17(26-18)6-3-7-19(21)28/h1-2,4-5,8-11,27H,3,6-7,12H2,(H3,24,25,29). The van der Waals surface area contributed by atoms with E-state index in [1.54, 1.807) is 0 Å². The van der Waals surface area contributed by atoms with Gasteiger partial charge in [0.15, 0.2) is 5.78 Å². The van der Waals surface area contributed by atoms with E-state index in [0.717, 1.165) is 57.2 Å². The van der Waals surface area contributed by atoms with Crippen LogP contribution in [0.4, 0.5) is 10.5 Å². The Morgan fingerprint density at radius 2 is 1.90 bits per heavy atom. The number of ketones is 1. The lowest BCUT2D eigenvalue weighted by Gasteiger charge is -2.17. The maximum Gasteiger partial charge on any atom is 0.316 e. The predicted octanol–water partition coefficient (Wildman–Crippen LogP) is 4.32. The number of primary amides is 1. The number of para-hydroxylation sites is 1. The molecular weight excluding hydrogens is 364 g/mol. The quantitative estimate of drug-likeness (QED) is 0.490. The maximum absolute atomic E-state index is 12.7. The van der Waals surface area contributed by atoms with Crippen molar-refractivity contribution >= 4 is 39.3 Å². The molecule has 4 N–H and O–H groups in total. The number of Topliss-reactive ketones (excluding diaryl/α,β-unsaturated/α-hetero) is 1. The third-order valence-corrected chi connectivity index (χ3v) is 5.49. The monoisotopic (exact) mass is 384 g/mol. The van der Waals surface area contributed by atoms with Gasteiger partial charge in [-0.05, 0) is 36.6 Å². The van der Waals surface area contributed by atoms with Gasteiger partial charge in [-0.15, -0.1) is 0 Å². The van der Waals surface area contributed by atoms with Crippen LogP contribution in [-0.2, 0) is 12.8 Å². The van der Waals surface area contributed by atoms with Gasteiger partial charge in [-0.25, -0.2) is 4.79 Å². The Kier molecular flexibility index (Phi) is 4.05. The highest BCUT2D eigenvalue weighted by Crippen LogP contribution is 2.35. The average Bonchev–Trinajstić information content (AvgIpc) is 3.09. The second kappa shape index (κ2) is 6.74. The predicted molar refractivity (Wildman–Crippen MR) is 113 cm³/mol. The summed E-state index contributed by atoms with van der Waals surface area (Å²) in [7, 11) is 0. The number of amides is 2. The van der Waals surface area contributed by atoms with Crippen LogP contribution >= 0.6 is 0 Å². The normalized spacial score (nSPS) is 13.6. The molecule has 0 saturated heterocycles. The van der Waals surface area contributed by atoms with Crippen molar-refractivity contribution in [2.45, 2.75) is 25.7 Å². The molecular formula is C23H20N4O2. The van der Waals surface area contributed by atoms with Gasteiger partial charge in [0.05, 0.1) is 16.9 Å². The summed E-state index contributed by atoms with van der Waals surface area (Å²) in [5.74, 6) is 0.182. The number of aromatic amines is 1. The van der Waals surface area contributed by atoms with Crippen molar-refractivity contribution in [1.82, 2.24) is 9.97 Å². The largest absolute Gasteiger partial charge is 0.353 e. The summed E-state index contributed by atoms with van der Waals surface area (Å²) in [6, 6.07) is 15.0. The molecule has 6 nitrogen and oxygen atoms in total. The van der Waals surface area contributed by atoms with Gasteiger partial charge in [0.1, 0.15) is 0 Å². The van der Waals surface area contributed by atoms with Crippen molar-refractivity contribution in [3.63, 3.8) is 0 Å². The molecule has 29 heavy (non-hydrogen) atoms. The first-order chi connectivity index (χ1) is 14.1. The number of pyridine rings is 1. The van der Waals surface area contributed by atoms with E-state index in [0.29, 0.717) is 18.5 Å². The number of urea groups is 1. The Morgan fingerprint density at radius 3 is 2.69 bits per heavy atom. The van der Waals surface area contributed by atoms with Crippen molar-refractivity contribution in [3.05, 3.63) is 71.0 Å². The molecule has 2 heterocycles. The first-order valence-electron chi connectivity index (χ1n) is 9.71. The number of rotatable bonds is 3. The van der Waals surface area contributed by atoms with Crippen LogP contribution in [0.2, 0.25) is 0 Å². The molecule has 0 saturated carbocycles. The zero-order chi connectivity index (χ0) is 20.0. The number of hydrogen-bond acceptors (Lipinski definition) is 3. The lowest BCUT2D eigenvalue weighted by molar-refractivity contribution is 0.0973. The fourth-order valence-electron chi connectivity index (χ4n) is 4.23. The minimum absolute atomic E-state index is 0.182. The lowest BCUT2D eigenvalue weighted by atomic mass is 9.90. The molecule has 1 aliphatic rings. The Hall–Kier alpha value is -3.67. The second-order valence-corrected chi connectivity index (χ2v) is 7.44. The van der Waals surface area contributed by atoms with Gasteiger partial charge in [0, 0.05) is 40.4 Å². The van der Waals surface area contributed by atoms with Crippen LogP contribution in [-0.4, -0.2) is 21.8 Å². The molecule has 2 aromatic heterocycles. The topological polar surface area (TPSA) is 101 Å². The Bertz CT molecular complexity index is 1270. The van der Waals surface area contributed by atoms with E-state index in [1.165, 1.54) is 0 Å². The summed E-state index contributed by atoms with van der Waals surface area (Å²) in [4.78, 5) is 32.1. The molecule has 0 spiro atoms. The van der Waals surface area contributed by atoms with Crippen molar-refractivity contribution in [1.29, 1.82) is 0 Å². The minimum atomic E-state index is -0.585. The summed E-state index contributed by atoms with van der Waals surface area (Å²) in [6.45, 7) is 0. The number of nitrogens with one attached hydrogen (secondary N) is 2. The number of carbonyl (C=O) groups excluding carboxylic acids is 2. The minimum Gasteiger partial charge on any atom is -0.353 e. The van der Waals surface area contributed by atoms with E-state index in [-0.39, 0.29) is 5.78 Å². The molecule has 5 rings (SSSR count). The van der Waals surface area contributed by atoms with Crippen molar-refractivity contribution < 1.29 is 9.59 Å². The molecule has 144 valence electrons. The average molecular weight is 384 g/mol. The van der Waals surface area contributed by atoms with E-state index >= 15 is 0 Å². The van der Waals surface area contributed by atoms with Gasteiger partial charge in [0.25, 0.3) is 0 Å². The summed E-state index contributed by atoms with van der Waals surface area (Å²) >= 11 is 0. The molecule has 2 aromatic carbocycles. The lowest BCUT2D eigenvalue weighted by Crippen LogP contribution is -2.19. The number of aromatic nitrogens is 2. The fourth-order valence-corrected chi connectivity index (χ4v) is 4.23. The smallest absolute Gasteiger partial charge is 0.316 e. The number of nitrogens with two attached hydrogens (primary N) is 1. The zero-order valence-corrected chi connectivity index (χ0v) is 15.8. The highest BCUT2D eigenvalue weighted by atomic mass is 16.2. The molecule has 4 aromatic rings.